The Kier molecular flexibility index (Phi) is 13.5. The summed E-state index contributed by atoms with van der Waals surface area (Å²) in [6.45, 7) is 10.8. The molecular formula is C41H61N5O5. The van der Waals surface area contributed by atoms with Crippen LogP contribution in [0.15, 0.2) is 31.0 Å². The van der Waals surface area contributed by atoms with Gasteiger partial charge >= 0.3 is 0 Å². The first-order valence-electron chi connectivity index (χ1n) is 19.9. The van der Waals surface area contributed by atoms with Crippen LogP contribution < -0.4 is 21.3 Å². The lowest BCUT2D eigenvalue weighted by Gasteiger charge is -2.34. The van der Waals surface area contributed by atoms with E-state index in [0.717, 1.165) is 77.0 Å². The number of hydrogen-bond donors (Lipinski definition) is 4. The highest BCUT2D eigenvalue weighted by atomic mass is 16.2. The topological polar surface area (TPSA) is 146 Å². The molecule has 4 fully saturated rings. The molecule has 7 atom stereocenters. The van der Waals surface area contributed by atoms with Crippen molar-refractivity contribution in [3.8, 4) is 0 Å². The van der Waals surface area contributed by atoms with Crippen molar-refractivity contribution < 1.29 is 24.0 Å². The van der Waals surface area contributed by atoms with E-state index in [1.54, 1.807) is 6.20 Å². The molecule has 4 aliphatic rings. The van der Waals surface area contributed by atoms with Crippen molar-refractivity contribution in [2.75, 3.05) is 6.54 Å². The highest BCUT2D eigenvalue weighted by Gasteiger charge is 2.70. The molecule has 2 heterocycles. The number of carbonyl (C=O) groups excluding carboxylic acids is 5. The van der Waals surface area contributed by atoms with Crippen LogP contribution in [0.25, 0.3) is 5.70 Å². The minimum atomic E-state index is -0.927. The van der Waals surface area contributed by atoms with Gasteiger partial charge in [-0.2, -0.15) is 0 Å². The first-order chi connectivity index (χ1) is 24.5. The van der Waals surface area contributed by atoms with E-state index in [0.29, 0.717) is 43.6 Å². The Hall–Kier alpha value is -3.56. The maximum absolute atomic E-state index is 14.7. The van der Waals surface area contributed by atoms with Crippen molar-refractivity contribution in [2.24, 2.45) is 35.0 Å². The van der Waals surface area contributed by atoms with E-state index >= 15 is 0 Å². The van der Waals surface area contributed by atoms with Gasteiger partial charge in [0.05, 0.1) is 29.4 Å². The van der Waals surface area contributed by atoms with Gasteiger partial charge in [-0.15, -0.1) is 0 Å². The number of nitrogens with one attached hydrogen (secondary N) is 4. The predicted molar refractivity (Wildman–Crippen MR) is 198 cm³/mol. The van der Waals surface area contributed by atoms with Crippen LogP contribution in [-0.2, 0) is 24.0 Å². The summed E-state index contributed by atoms with van der Waals surface area (Å²) >= 11 is 0. The first kappa shape index (κ1) is 38.7. The van der Waals surface area contributed by atoms with E-state index in [1.165, 1.54) is 0 Å². The van der Waals surface area contributed by atoms with E-state index in [1.807, 2.05) is 25.1 Å². The number of pyridine rings is 1. The number of hydrogen-bond acceptors (Lipinski definition) is 7. The highest BCUT2D eigenvalue weighted by Crippen LogP contribution is 2.70. The Morgan fingerprint density at radius 3 is 2.25 bits per heavy atom. The Labute approximate surface area is 304 Å². The SMILES string of the molecule is C=C(NC(C(=O)NC1CCCCCCCCCC(C(=O)C(=O)NCCC)NC(=O)C2C(CC3C2C3(C)C)C1=O)C1CCCCC1)c1ccccn1. The van der Waals surface area contributed by atoms with Crippen molar-refractivity contribution >= 4 is 35.0 Å². The number of ketones is 2. The van der Waals surface area contributed by atoms with Crippen LogP contribution in [0.5, 0.6) is 0 Å². The summed E-state index contributed by atoms with van der Waals surface area (Å²) < 4.78 is 0. The van der Waals surface area contributed by atoms with E-state index in [-0.39, 0.29) is 40.8 Å². The summed E-state index contributed by atoms with van der Waals surface area (Å²) in [5.41, 5.74) is 1.15. The van der Waals surface area contributed by atoms with E-state index in [9.17, 15) is 24.0 Å². The molecule has 3 saturated carbocycles. The van der Waals surface area contributed by atoms with Crippen LogP contribution in [0.1, 0.15) is 129 Å². The summed E-state index contributed by atoms with van der Waals surface area (Å²) in [6.07, 6.45) is 15.4. The second-order valence-corrected chi connectivity index (χ2v) is 16.2. The molecule has 0 aromatic carbocycles. The molecule has 51 heavy (non-hydrogen) atoms. The molecule has 7 unspecified atom stereocenters. The van der Waals surface area contributed by atoms with Gasteiger partial charge in [-0.3, -0.25) is 29.0 Å². The van der Waals surface area contributed by atoms with Crippen molar-refractivity contribution in [1.82, 2.24) is 26.3 Å². The number of nitrogens with zero attached hydrogens (tertiary/aromatic N) is 1. The lowest BCUT2D eigenvalue weighted by molar-refractivity contribution is -0.142. The monoisotopic (exact) mass is 703 g/mol. The number of aromatic nitrogens is 1. The largest absolute Gasteiger partial charge is 0.372 e. The molecule has 0 radical (unpaired) electrons. The molecule has 10 nitrogen and oxygen atoms in total. The molecule has 1 aliphatic heterocycles. The Bertz CT molecular complexity index is 1410. The Morgan fingerprint density at radius 1 is 0.941 bits per heavy atom. The smallest absolute Gasteiger partial charge is 0.289 e. The molecule has 3 aliphatic carbocycles. The second-order valence-electron chi connectivity index (χ2n) is 16.2. The Morgan fingerprint density at radius 2 is 1.59 bits per heavy atom. The fraction of sp³-hybridized carbons (Fsp3) is 0.707. The summed E-state index contributed by atoms with van der Waals surface area (Å²) in [5, 5.41) is 12.3. The maximum Gasteiger partial charge on any atom is 0.289 e. The van der Waals surface area contributed by atoms with Gasteiger partial charge in [0.25, 0.3) is 5.91 Å². The third-order valence-electron chi connectivity index (χ3n) is 12.4. The fourth-order valence-electron chi connectivity index (χ4n) is 9.33. The van der Waals surface area contributed by atoms with Gasteiger partial charge in [0.15, 0.2) is 5.78 Å². The van der Waals surface area contributed by atoms with Gasteiger partial charge in [0.1, 0.15) is 6.04 Å². The van der Waals surface area contributed by atoms with Crippen LogP contribution in [0.3, 0.4) is 0 Å². The molecule has 0 spiro atoms. The number of rotatable bonds is 10. The van der Waals surface area contributed by atoms with Crippen LogP contribution in [0.4, 0.5) is 0 Å². The van der Waals surface area contributed by atoms with Gasteiger partial charge in [0.2, 0.25) is 17.6 Å². The van der Waals surface area contributed by atoms with Crippen molar-refractivity contribution in [1.29, 1.82) is 0 Å². The number of carbonyl (C=O) groups is 5. The molecule has 280 valence electrons. The molecule has 4 N–H and O–H groups in total. The maximum atomic E-state index is 14.7. The van der Waals surface area contributed by atoms with Gasteiger partial charge in [-0.05, 0) is 73.8 Å². The quantitative estimate of drug-likeness (QED) is 0.230. The van der Waals surface area contributed by atoms with Crippen LogP contribution in [0.2, 0.25) is 0 Å². The van der Waals surface area contributed by atoms with Gasteiger partial charge < -0.3 is 21.3 Å². The molecule has 10 heteroatoms. The molecule has 1 aromatic rings. The zero-order valence-electron chi connectivity index (χ0n) is 31.1. The number of amides is 3. The van der Waals surface area contributed by atoms with Crippen LogP contribution in [0, 0.1) is 35.0 Å². The molecule has 1 saturated heterocycles. The van der Waals surface area contributed by atoms with Crippen molar-refractivity contribution in [2.45, 2.75) is 142 Å². The van der Waals surface area contributed by atoms with Crippen molar-refractivity contribution in [3.05, 3.63) is 36.7 Å². The third-order valence-corrected chi connectivity index (χ3v) is 12.4. The zero-order chi connectivity index (χ0) is 36.5. The Balaban J connectivity index is 1.39. The summed E-state index contributed by atoms with van der Waals surface area (Å²) in [4.78, 5) is 73.8. The molecule has 0 bridgehead atoms. The standard InChI is InChI=1S/C41H61N5O5/c1-5-23-43-40(51)37(48)32-22-15-10-8-6-7-9-14-21-31(36(47)28-25-29-34(41(29,3)4)33(28)38(49)45-32)46-39(50)35(27-18-12-11-13-19-27)44-26(2)30-20-16-17-24-42-30/h16-17,20,24,27-29,31-35,44H,2,5-15,18-19,21-23,25H2,1,3-4H3,(H,43,51)(H,45,49)(H,46,50). The second kappa shape index (κ2) is 17.8. The first-order valence-corrected chi connectivity index (χ1v) is 19.9. The zero-order valence-corrected chi connectivity index (χ0v) is 31.1. The fourth-order valence-corrected chi connectivity index (χ4v) is 9.33. The summed E-state index contributed by atoms with van der Waals surface area (Å²) in [5.74, 6) is -2.78. The lowest BCUT2D eigenvalue weighted by Crippen LogP contribution is -2.55. The minimum absolute atomic E-state index is 0.00436. The van der Waals surface area contributed by atoms with E-state index < -0.39 is 41.7 Å². The van der Waals surface area contributed by atoms with Gasteiger partial charge in [-0.1, -0.05) is 97.6 Å². The predicted octanol–water partition coefficient (Wildman–Crippen LogP) is 5.66. The lowest BCUT2D eigenvalue weighted by atomic mass is 9.78. The van der Waals surface area contributed by atoms with Gasteiger partial charge in [0, 0.05) is 18.7 Å². The van der Waals surface area contributed by atoms with Crippen molar-refractivity contribution in [3.63, 3.8) is 0 Å². The normalized spacial score (nSPS) is 29.4. The third kappa shape index (κ3) is 9.46. The number of Topliss-reactive ketones (excluding diaryl/α,β-unsaturated/α-hetero) is 2. The molecule has 5 rings (SSSR count). The average molecular weight is 704 g/mol. The summed E-state index contributed by atoms with van der Waals surface area (Å²) in [6, 6.07) is 3.39. The molecule has 3 amide bonds. The van der Waals surface area contributed by atoms with Gasteiger partial charge in [-0.25, -0.2) is 0 Å². The van der Waals surface area contributed by atoms with E-state index in [2.05, 4.69) is 46.7 Å². The molecular weight excluding hydrogens is 642 g/mol. The minimum Gasteiger partial charge on any atom is -0.372 e. The van der Waals surface area contributed by atoms with Crippen LogP contribution in [-0.4, -0.2) is 58.9 Å². The highest BCUT2D eigenvalue weighted by molar-refractivity contribution is 6.38. The summed E-state index contributed by atoms with van der Waals surface area (Å²) in [7, 11) is 0. The average Bonchev–Trinajstić information content (AvgIpc) is 3.43. The number of fused-ring (bicyclic) bond motifs is 3. The molecule has 1 aromatic heterocycles. The van der Waals surface area contributed by atoms with E-state index in [4.69, 9.17) is 0 Å². The van der Waals surface area contributed by atoms with Crippen LogP contribution >= 0.6 is 0 Å².